The summed E-state index contributed by atoms with van der Waals surface area (Å²) in [4.78, 5) is 4.35. The molecular formula is C10H11N. The summed E-state index contributed by atoms with van der Waals surface area (Å²) in [6, 6.07) is 0. The van der Waals surface area contributed by atoms with Crippen LogP contribution in [0.25, 0.3) is 0 Å². The third kappa shape index (κ3) is 0.967. The van der Waals surface area contributed by atoms with E-state index >= 15 is 0 Å². The van der Waals surface area contributed by atoms with E-state index in [1.807, 2.05) is 6.21 Å². The summed E-state index contributed by atoms with van der Waals surface area (Å²) in [5, 5.41) is 0. The highest BCUT2D eigenvalue weighted by atomic mass is 14.8. The first-order valence-corrected chi connectivity index (χ1v) is 4.08. The fourth-order valence-electron chi connectivity index (χ4n) is 1.46. The van der Waals surface area contributed by atoms with Crippen LogP contribution in [0.3, 0.4) is 0 Å². The van der Waals surface area contributed by atoms with E-state index < -0.39 is 0 Å². The highest BCUT2D eigenvalue weighted by Crippen LogP contribution is 2.28. The molecule has 0 spiro atoms. The number of rotatable bonds is 2. The Morgan fingerprint density at radius 2 is 2.36 bits per heavy atom. The van der Waals surface area contributed by atoms with Crippen LogP contribution in [0, 0.1) is 0 Å². The minimum absolute atomic E-state index is 1.10. The predicted molar refractivity (Wildman–Crippen MR) is 47.6 cm³/mol. The maximum Gasteiger partial charge on any atom is 0.0482 e. The third-order valence-electron chi connectivity index (χ3n) is 2.01. The van der Waals surface area contributed by atoms with Gasteiger partial charge < -0.3 is 0 Å². The van der Waals surface area contributed by atoms with E-state index in [0.29, 0.717) is 0 Å². The van der Waals surface area contributed by atoms with Gasteiger partial charge in [-0.05, 0) is 6.42 Å². The number of nitrogens with zero attached hydrogens (tertiary/aromatic N) is 1. The Kier molecular flexibility index (Phi) is 1.50. The fourth-order valence-corrected chi connectivity index (χ4v) is 1.46. The average molecular weight is 145 g/mol. The zero-order valence-electron chi connectivity index (χ0n) is 6.67. The van der Waals surface area contributed by atoms with Gasteiger partial charge in [-0.1, -0.05) is 31.6 Å². The van der Waals surface area contributed by atoms with Gasteiger partial charge in [0.05, 0.1) is 0 Å². The minimum Gasteiger partial charge on any atom is -0.260 e. The number of hydrogen-bond donors (Lipinski definition) is 0. The maximum atomic E-state index is 4.35. The largest absolute Gasteiger partial charge is 0.260 e. The van der Waals surface area contributed by atoms with Gasteiger partial charge in [-0.2, -0.15) is 0 Å². The van der Waals surface area contributed by atoms with E-state index in [2.05, 4.69) is 30.1 Å². The number of fused-ring (bicyclic) bond motifs is 1. The molecule has 2 aliphatic rings. The fraction of sp³-hybridized carbons (Fsp3) is 0.300. The number of aliphatic imine (C=N–C) groups is 1. The zero-order valence-corrected chi connectivity index (χ0v) is 6.67. The molecule has 0 aromatic rings. The van der Waals surface area contributed by atoms with Crippen molar-refractivity contribution in [2.45, 2.75) is 19.8 Å². The topological polar surface area (TPSA) is 12.4 Å². The Morgan fingerprint density at radius 1 is 1.45 bits per heavy atom. The molecule has 1 aliphatic carbocycles. The quantitative estimate of drug-likeness (QED) is 0.566. The summed E-state index contributed by atoms with van der Waals surface area (Å²) in [5.74, 6) is 0. The minimum atomic E-state index is 1.10. The summed E-state index contributed by atoms with van der Waals surface area (Å²) < 4.78 is 0. The van der Waals surface area contributed by atoms with Crippen LogP contribution in [0.4, 0.5) is 0 Å². The molecular weight excluding hydrogens is 134 g/mol. The Morgan fingerprint density at radius 3 is 3.18 bits per heavy atom. The maximum absolute atomic E-state index is 4.35. The molecule has 1 heteroatoms. The molecule has 0 aromatic heterocycles. The van der Waals surface area contributed by atoms with Crippen LogP contribution in [-0.2, 0) is 0 Å². The summed E-state index contributed by atoms with van der Waals surface area (Å²) in [7, 11) is 0. The van der Waals surface area contributed by atoms with Gasteiger partial charge in [0, 0.05) is 23.1 Å². The first kappa shape index (κ1) is 6.59. The van der Waals surface area contributed by atoms with Crippen molar-refractivity contribution in [1.29, 1.82) is 0 Å². The van der Waals surface area contributed by atoms with Gasteiger partial charge in [0.15, 0.2) is 0 Å². The third-order valence-corrected chi connectivity index (χ3v) is 2.01. The highest BCUT2D eigenvalue weighted by Gasteiger charge is 2.14. The highest BCUT2D eigenvalue weighted by molar-refractivity contribution is 5.92. The first-order chi connectivity index (χ1) is 5.42. The Balaban J connectivity index is 2.32. The monoisotopic (exact) mass is 145 g/mol. The molecule has 0 fully saturated rings. The normalized spacial score (nSPS) is 19.5. The molecule has 56 valence electrons. The van der Waals surface area contributed by atoms with Gasteiger partial charge in [0.25, 0.3) is 0 Å². The van der Waals surface area contributed by atoms with Gasteiger partial charge in [0.2, 0.25) is 0 Å². The molecule has 0 aromatic carbocycles. The van der Waals surface area contributed by atoms with Crippen LogP contribution in [-0.4, -0.2) is 6.21 Å². The van der Waals surface area contributed by atoms with Gasteiger partial charge in [0.1, 0.15) is 0 Å². The smallest absolute Gasteiger partial charge is 0.0482 e. The van der Waals surface area contributed by atoms with E-state index in [1.54, 1.807) is 0 Å². The zero-order chi connectivity index (χ0) is 7.68. The molecule has 0 saturated heterocycles. The Labute approximate surface area is 66.8 Å². The molecule has 1 aliphatic heterocycles. The molecule has 0 saturated carbocycles. The summed E-state index contributed by atoms with van der Waals surface area (Å²) in [5.41, 5.74) is 3.88. The van der Waals surface area contributed by atoms with Crippen LogP contribution in [0.15, 0.2) is 40.1 Å². The van der Waals surface area contributed by atoms with Crippen molar-refractivity contribution in [3.05, 3.63) is 35.1 Å². The number of hydrogen-bond acceptors (Lipinski definition) is 1. The molecule has 1 heterocycles. The second-order valence-electron chi connectivity index (χ2n) is 2.85. The van der Waals surface area contributed by atoms with Crippen LogP contribution < -0.4 is 0 Å². The molecule has 0 radical (unpaired) electrons. The lowest BCUT2D eigenvalue weighted by Gasteiger charge is -1.96. The molecule has 11 heavy (non-hydrogen) atoms. The van der Waals surface area contributed by atoms with Gasteiger partial charge in [-0.25, -0.2) is 0 Å². The average Bonchev–Trinajstić information content (AvgIpc) is 2.53. The molecule has 0 unspecified atom stereocenters. The SMILES string of the molecule is CCCC1=C2C=CC=C2C=N1. The Bertz CT molecular complexity index is 290. The molecule has 0 bridgehead atoms. The molecule has 0 N–H and O–H groups in total. The lowest BCUT2D eigenvalue weighted by Crippen LogP contribution is -1.80. The molecule has 2 rings (SSSR count). The van der Waals surface area contributed by atoms with Crippen LogP contribution in [0.5, 0.6) is 0 Å². The van der Waals surface area contributed by atoms with E-state index in [1.165, 1.54) is 23.3 Å². The van der Waals surface area contributed by atoms with Crippen molar-refractivity contribution in [3.8, 4) is 0 Å². The van der Waals surface area contributed by atoms with Crippen molar-refractivity contribution in [2.75, 3.05) is 0 Å². The predicted octanol–water partition coefficient (Wildman–Crippen LogP) is 2.62. The van der Waals surface area contributed by atoms with Crippen molar-refractivity contribution >= 4 is 6.21 Å². The second kappa shape index (κ2) is 2.50. The van der Waals surface area contributed by atoms with Crippen molar-refractivity contribution in [1.82, 2.24) is 0 Å². The summed E-state index contributed by atoms with van der Waals surface area (Å²) >= 11 is 0. The van der Waals surface area contributed by atoms with Crippen LogP contribution in [0.1, 0.15) is 19.8 Å². The molecule has 0 atom stereocenters. The van der Waals surface area contributed by atoms with Gasteiger partial charge in [-0.3, -0.25) is 4.99 Å². The number of allylic oxidation sites excluding steroid dienone is 6. The van der Waals surface area contributed by atoms with E-state index in [9.17, 15) is 0 Å². The van der Waals surface area contributed by atoms with E-state index in [4.69, 9.17) is 0 Å². The first-order valence-electron chi connectivity index (χ1n) is 4.08. The summed E-state index contributed by atoms with van der Waals surface area (Å²) in [6.45, 7) is 2.18. The summed E-state index contributed by atoms with van der Waals surface area (Å²) in [6.07, 6.45) is 10.6. The standard InChI is InChI=1S/C10H11N/c1-2-4-10-9-6-3-5-8(9)7-11-10/h3,5-7H,2,4H2,1H3. The van der Waals surface area contributed by atoms with Crippen LogP contribution >= 0.6 is 0 Å². The van der Waals surface area contributed by atoms with Crippen molar-refractivity contribution < 1.29 is 0 Å². The Hall–Kier alpha value is -1.11. The van der Waals surface area contributed by atoms with Crippen LogP contribution in [0.2, 0.25) is 0 Å². The van der Waals surface area contributed by atoms with Crippen molar-refractivity contribution in [2.24, 2.45) is 4.99 Å². The van der Waals surface area contributed by atoms with Crippen molar-refractivity contribution in [3.63, 3.8) is 0 Å². The molecule has 1 nitrogen and oxygen atoms in total. The second-order valence-corrected chi connectivity index (χ2v) is 2.85. The molecule has 0 amide bonds. The lowest BCUT2D eigenvalue weighted by atomic mass is 10.1. The lowest BCUT2D eigenvalue weighted by molar-refractivity contribution is 0.893. The van der Waals surface area contributed by atoms with Gasteiger partial charge in [-0.15, -0.1) is 0 Å². The van der Waals surface area contributed by atoms with E-state index in [-0.39, 0.29) is 0 Å². The van der Waals surface area contributed by atoms with Gasteiger partial charge >= 0.3 is 0 Å². The van der Waals surface area contributed by atoms with E-state index in [0.717, 1.165) is 6.42 Å².